The maximum Gasteiger partial charge on any atom is 0.293 e. The van der Waals surface area contributed by atoms with Crippen LogP contribution in [0.5, 0.6) is 0 Å². The van der Waals surface area contributed by atoms with Crippen LogP contribution in [0, 0.1) is 24.4 Å². The number of nitrogens with one attached hydrogen (secondary N) is 1. The van der Waals surface area contributed by atoms with Gasteiger partial charge in [-0.1, -0.05) is 12.1 Å². The molecule has 2 N–H and O–H groups in total. The second kappa shape index (κ2) is 8.87. The zero-order valence-corrected chi connectivity index (χ0v) is 15.6. The van der Waals surface area contributed by atoms with Crippen molar-refractivity contribution in [3.63, 3.8) is 0 Å². The van der Waals surface area contributed by atoms with E-state index in [0.717, 1.165) is 29.5 Å². The molecular weight excluding hydrogens is 385 g/mol. The summed E-state index contributed by atoms with van der Waals surface area (Å²) in [5.74, 6) is -4.09. The maximum atomic E-state index is 13.5. The molecule has 2 aromatic carbocycles. The largest absolute Gasteiger partial charge is 0.396 e. The zero-order chi connectivity index (χ0) is 21.0. The Morgan fingerprint density at radius 1 is 1.10 bits per heavy atom. The average Bonchev–Trinajstić information content (AvgIpc) is 2.68. The van der Waals surface area contributed by atoms with E-state index in [1.54, 1.807) is 0 Å². The third-order valence-electron chi connectivity index (χ3n) is 4.32. The molecule has 0 aliphatic carbocycles. The van der Waals surface area contributed by atoms with Crippen LogP contribution < -0.4 is 10.9 Å². The second-order valence-electron chi connectivity index (χ2n) is 6.55. The van der Waals surface area contributed by atoms with E-state index in [9.17, 15) is 18.0 Å². The first-order valence-electron chi connectivity index (χ1n) is 8.92. The van der Waals surface area contributed by atoms with Crippen molar-refractivity contribution in [3.8, 4) is 0 Å². The third-order valence-corrected chi connectivity index (χ3v) is 4.32. The van der Waals surface area contributed by atoms with Crippen molar-refractivity contribution in [1.82, 2.24) is 14.8 Å². The fourth-order valence-corrected chi connectivity index (χ4v) is 2.81. The van der Waals surface area contributed by atoms with Crippen molar-refractivity contribution >= 4 is 11.6 Å². The number of nitrogens with zero attached hydrogens (tertiary/aromatic N) is 3. The Morgan fingerprint density at radius 3 is 2.52 bits per heavy atom. The topological polar surface area (TPSA) is 80.0 Å². The molecule has 29 heavy (non-hydrogen) atoms. The van der Waals surface area contributed by atoms with Gasteiger partial charge in [-0.15, -0.1) is 0 Å². The molecule has 1 heterocycles. The lowest BCUT2D eigenvalue weighted by atomic mass is 10.1. The fraction of sp³-hybridized carbons (Fsp3) is 0.250. The first-order valence-corrected chi connectivity index (χ1v) is 8.92. The van der Waals surface area contributed by atoms with Crippen molar-refractivity contribution in [3.05, 3.63) is 81.0 Å². The summed E-state index contributed by atoms with van der Waals surface area (Å²) in [4.78, 5) is 15.6. The minimum Gasteiger partial charge on any atom is -0.396 e. The monoisotopic (exact) mass is 404 g/mol. The molecule has 0 amide bonds. The molecule has 152 valence electrons. The predicted molar refractivity (Wildman–Crippen MR) is 102 cm³/mol. The molecule has 3 rings (SSSR count). The van der Waals surface area contributed by atoms with Crippen LogP contribution in [0.2, 0.25) is 0 Å². The molecule has 1 aromatic heterocycles. The molecule has 3 aromatic rings. The van der Waals surface area contributed by atoms with E-state index >= 15 is 0 Å². The molecule has 0 spiro atoms. The average molecular weight is 404 g/mol. The van der Waals surface area contributed by atoms with Crippen LogP contribution >= 0.6 is 0 Å². The second-order valence-corrected chi connectivity index (χ2v) is 6.55. The Balaban J connectivity index is 1.93. The molecular formula is C20H19F3N4O2. The van der Waals surface area contributed by atoms with Gasteiger partial charge in [0.2, 0.25) is 5.95 Å². The lowest BCUT2D eigenvalue weighted by Gasteiger charge is -2.15. The Kier molecular flexibility index (Phi) is 6.28. The number of aliphatic hydroxyl groups excluding tert-OH is 1. The normalized spacial score (nSPS) is 10.9. The smallest absolute Gasteiger partial charge is 0.293 e. The van der Waals surface area contributed by atoms with Crippen LogP contribution in [0.4, 0.5) is 24.8 Å². The summed E-state index contributed by atoms with van der Waals surface area (Å²) in [7, 11) is 0. The summed E-state index contributed by atoms with van der Waals surface area (Å²) >= 11 is 0. The summed E-state index contributed by atoms with van der Waals surface area (Å²) in [5, 5.41) is 16.0. The van der Waals surface area contributed by atoms with Gasteiger partial charge in [-0.2, -0.15) is 10.1 Å². The molecule has 0 atom stereocenters. The number of halogens is 3. The Hall–Kier alpha value is -3.20. The molecule has 0 aliphatic heterocycles. The van der Waals surface area contributed by atoms with E-state index in [0.29, 0.717) is 18.5 Å². The van der Waals surface area contributed by atoms with Crippen LogP contribution in [-0.4, -0.2) is 26.5 Å². The Morgan fingerprint density at radius 2 is 1.83 bits per heavy atom. The summed E-state index contributed by atoms with van der Waals surface area (Å²) in [5.41, 5.74) is 2.06. The highest BCUT2D eigenvalue weighted by molar-refractivity contribution is 5.59. The van der Waals surface area contributed by atoms with Gasteiger partial charge < -0.3 is 10.4 Å². The number of aryl methyl sites for hydroxylation is 2. The van der Waals surface area contributed by atoms with Crippen molar-refractivity contribution < 1.29 is 18.3 Å². The van der Waals surface area contributed by atoms with Gasteiger partial charge in [-0.25, -0.2) is 17.9 Å². The highest BCUT2D eigenvalue weighted by atomic mass is 19.2. The highest BCUT2D eigenvalue weighted by Gasteiger charge is 2.13. The van der Waals surface area contributed by atoms with Crippen molar-refractivity contribution in [2.24, 2.45) is 0 Å². The Bertz CT molecular complexity index is 1060. The minimum absolute atomic E-state index is 0.0741. The summed E-state index contributed by atoms with van der Waals surface area (Å²) in [6.07, 6.45) is 2.26. The van der Waals surface area contributed by atoms with Gasteiger partial charge in [-0.05, 0) is 54.7 Å². The molecule has 9 heteroatoms. The molecule has 0 fully saturated rings. The fourth-order valence-electron chi connectivity index (χ4n) is 2.81. The summed E-state index contributed by atoms with van der Waals surface area (Å²) in [6, 6.07) is 7.42. The van der Waals surface area contributed by atoms with E-state index in [1.165, 1.54) is 4.68 Å². The molecule has 0 bridgehead atoms. The van der Waals surface area contributed by atoms with Crippen molar-refractivity contribution in [1.29, 1.82) is 0 Å². The molecule has 6 nitrogen and oxygen atoms in total. The van der Waals surface area contributed by atoms with Crippen LogP contribution in [-0.2, 0) is 13.0 Å². The first-order chi connectivity index (χ1) is 13.9. The van der Waals surface area contributed by atoms with Gasteiger partial charge in [0.1, 0.15) is 6.20 Å². The maximum absolute atomic E-state index is 13.5. The molecule has 0 saturated heterocycles. The highest BCUT2D eigenvalue weighted by Crippen LogP contribution is 2.22. The van der Waals surface area contributed by atoms with Gasteiger partial charge in [0.05, 0.1) is 6.54 Å². The number of rotatable bonds is 7. The number of hydrogen-bond acceptors (Lipinski definition) is 5. The van der Waals surface area contributed by atoms with Gasteiger partial charge >= 0.3 is 0 Å². The van der Waals surface area contributed by atoms with Crippen LogP contribution in [0.25, 0.3) is 0 Å². The molecule has 0 radical (unpaired) electrons. The predicted octanol–water partition coefficient (Wildman–Crippen LogP) is 3.08. The van der Waals surface area contributed by atoms with E-state index in [4.69, 9.17) is 5.11 Å². The molecule has 0 saturated carbocycles. The van der Waals surface area contributed by atoms with Gasteiger partial charge in [-0.3, -0.25) is 4.79 Å². The quantitative estimate of drug-likeness (QED) is 0.592. The zero-order valence-electron chi connectivity index (χ0n) is 15.6. The van der Waals surface area contributed by atoms with E-state index in [1.807, 2.05) is 25.1 Å². The number of hydrogen-bond donors (Lipinski definition) is 2. The van der Waals surface area contributed by atoms with Crippen LogP contribution in [0.15, 0.2) is 41.3 Å². The van der Waals surface area contributed by atoms with Crippen LogP contribution in [0.3, 0.4) is 0 Å². The third kappa shape index (κ3) is 5.00. The molecule has 0 unspecified atom stereocenters. The molecule has 0 aliphatic rings. The van der Waals surface area contributed by atoms with Crippen molar-refractivity contribution in [2.45, 2.75) is 26.3 Å². The number of aliphatic hydroxyl groups is 1. The summed E-state index contributed by atoms with van der Waals surface area (Å²) < 4.78 is 41.5. The van der Waals surface area contributed by atoms with E-state index in [2.05, 4.69) is 15.4 Å². The van der Waals surface area contributed by atoms with E-state index < -0.39 is 23.0 Å². The first kappa shape index (κ1) is 20.5. The number of benzene rings is 2. The standard InChI is InChI=1S/C20H19F3N4O2/c1-12-4-5-13(3-2-6-28)9-17(12)25-20-26-18(29)10-24-27(20)11-14-7-15(21)19(23)16(22)8-14/h4-5,7-10,28H,2-3,6,11H2,1H3,(H,25,26,29). The minimum atomic E-state index is -1.55. The van der Waals surface area contributed by atoms with Crippen LogP contribution in [0.1, 0.15) is 23.1 Å². The lowest BCUT2D eigenvalue weighted by Crippen LogP contribution is -2.19. The van der Waals surface area contributed by atoms with E-state index in [-0.39, 0.29) is 24.7 Å². The van der Waals surface area contributed by atoms with Gasteiger partial charge in [0.25, 0.3) is 5.56 Å². The Labute approximate surface area is 164 Å². The van der Waals surface area contributed by atoms with Gasteiger partial charge in [0.15, 0.2) is 17.5 Å². The number of anilines is 2. The summed E-state index contributed by atoms with van der Waals surface area (Å²) in [6.45, 7) is 1.81. The van der Waals surface area contributed by atoms with Gasteiger partial charge in [0, 0.05) is 12.3 Å². The lowest BCUT2D eigenvalue weighted by molar-refractivity contribution is 0.288. The SMILES string of the molecule is Cc1ccc(CCCO)cc1Nc1nc(=O)cnn1Cc1cc(F)c(F)c(F)c1. The number of aromatic nitrogens is 3. The van der Waals surface area contributed by atoms with Crippen molar-refractivity contribution in [2.75, 3.05) is 11.9 Å².